The second-order valence-electron chi connectivity index (χ2n) is 4.10. The summed E-state index contributed by atoms with van der Waals surface area (Å²) in [6, 6.07) is 3.39. The first-order valence-corrected chi connectivity index (χ1v) is 7.08. The second-order valence-corrected chi connectivity index (χ2v) is 5.83. The van der Waals surface area contributed by atoms with Gasteiger partial charge in [0.15, 0.2) is 0 Å². The van der Waals surface area contributed by atoms with Crippen molar-refractivity contribution in [3.05, 3.63) is 36.2 Å². The van der Waals surface area contributed by atoms with Crippen LogP contribution in [0.15, 0.2) is 35.2 Å². The predicted octanol–water partition coefficient (Wildman–Crippen LogP) is 1.28. The van der Waals surface area contributed by atoms with Gasteiger partial charge in [0.25, 0.3) is 0 Å². The molecule has 1 aromatic carbocycles. The SMILES string of the molecule is C=C(C)COCCNS(=O)(=O)c1cc(N)ccc1F. The van der Waals surface area contributed by atoms with Crippen molar-refractivity contribution in [3.63, 3.8) is 0 Å². The lowest BCUT2D eigenvalue weighted by Gasteiger charge is -2.09. The fourth-order valence-electron chi connectivity index (χ4n) is 1.30. The quantitative estimate of drug-likeness (QED) is 0.450. The molecule has 0 spiro atoms. The number of halogens is 1. The molecule has 19 heavy (non-hydrogen) atoms. The summed E-state index contributed by atoms with van der Waals surface area (Å²) in [5.41, 5.74) is 6.46. The molecule has 0 amide bonds. The number of rotatable bonds is 7. The van der Waals surface area contributed by atoms with Crippen LogP contribution in [-0.2, 0) is 14.8 Å². The first kappa shape index (κ1) is 15.6. The summed E-state index contributed by atoms with van der Waals surface area (Å²) in [6.07, 6.45) is 0. The van der Waals surface area contributed by atoms with Gasteiger partial charge < -0.3 is 10.5 Å². The van der Waals surface area contributed by atoms with E-state index in [0.29, 0.717) is 6.61 Å². The van der Waals surface area contributed by atoms with E-state index in [0.717, 1.165) is 17.7 Å². The monoisotopic (exact) mass is 288 g/mol. The molecule has 0 aromatic heterocycles. The normalized spacial score (nSPS) is 11.5. The van der Waals surface area contributed by atoms with Crippen LogP contribution in [0.25, 0.3) is 0 Å². The molecule has 7 heteroatoms. The van der Waals surface area contributed by atoms with Crippen LogP contribution in [0.3, 0.4) is 0 Å². The molecule has 106 valence electrons. The van der Waals surface area contributed by atoms with Gasteiger partial charge in [0.05, 0.1) is 13.2 Å². The number of nitrogen functional groups attached to an aromatic ring is 1. The van der Waals surface area contributed by atoms with Gasteiger partial charge in [0, 0.05) is 12.2 Å². The summed E-state index contributed by atoms with van der Waals surface area (Å²) >= 11 is 0. The number of anilines is 1. The Hall–Kier alpha value is -1.44. The molecular weight excluding hydrogens is 271 g/mol. The highest BCUT2D eigenvalue weighted by Crippen LogP contribution is 2.17. The summed E-state index contributed by atoms with van der Waals surface area (Å²) in [5.74, 6) is -0.843. The van der Waals surface area contributed by atoms with Crippen LogP contribution in [0.2, 0.25) is 0 Å². The van der Waals surface area contributed by atoms with Gasteiger partial charge in [-0.1, -0.05) is 12.2 Å². The Bertz CT molecular complexity index is 558. The van der Waals surface area contributed by atoms with Crippen molar-refractivity contribution in [1.29, 1.82) is 0 Å². The molecule has 0 radical (unpaired) electrons. The summed E-state index contributed by atoms with van der Waals surface area (Å²) in [7, 11) is -3.92. The van der Waals surface area contributed by atoms with Crippen molar-refractivity contribution in [2.24, 2.45) is 0 Å². The number of hydrogen-bond acceptors (Lipinski definition) is 4. The summed E-state index contributed by atoms with van der Waals surface area (Å²) in [5, 5.41) is 0. The van der Waals surface area contributed by atoms with Crippen LogP contribution in [0.5, 0.6) is 0 Å². The fraction of sp³-hybridized carbons (Fsp3) is 0.333. The van der Waals surface area contributed by atoms with Gasteiger partial charge in [-0.05, 0) is 25.1 Å². The number of sulfonamides is 1. The zero-order valence-electron chi connectivity index (χ0n) is 10.6. The first-order valence-electron chi connectivity index (χ1n) is 5.60. The van der Waals surface area contributed by atoms with Crippen molar-refractivity contribution in [3.8, 4) is 0 Å². The van der Waals surface area contributed by atoms with E-state index in [2.05, 4.69) is 11.3 Å². The summed E-state index contributed by atoms with van der Waals surface area (Å²) in [4.78, 5) is -0.465. The largest absolute Gasteiger partial charge is 0.399 e. The highest BCUT2D eigenvalue weighted by atomic mass is 32.2. The molecule has 0 saturated heterocycles. The van der Waals surface area contributed by atoms with Crippen LogP contribution in [0.1, 0.15) is 6.92 Å². The Morgan fingerprint density at radius 2 is 2.21 bits per heavy atom. The lowest BCUT2D eigenvalue weighted by atomic mass is 10.3. The molecule has 1 aromatic rings. The van der Waals surface area contributed by atoms with Crippen molar-refractivity contribution in [2.75, 3.05) is 25.5 Å². The number of nitrogens with two attached hydrogens (primary N) is 1. The van der Waals surface area contributed by atoms with Crippen LogP contribution in [0.4, 0.5) is 10.1 Å². The van der Waals surface area contributed by atoms with Crippen molar-refractivity contribution >= 4 is 15.7 Å². The molecule has 0 atom stereocenters. The molecule has 0 heterocycles. The highest BCUT2D eigenvalue weighted by Gasteiger charge is 2.18. The predicted molar refractivity (Wildman–Crippen MR) is 71.6 cm³/mol. The van der Waals surface area contributed by atoms with E-state index < -0.39 is 20.7 Å². The average Bonchev–Trinajstić information content (AvgIpc) is 2.31. The van der Waals surface area contributed by atoms with Crippen LogP contribution < -0.4 is 10.5 Å². The number of nitrogens with one attached hydrogen (secondary N) is 1. The maximum atomic E-state index is 13.4. The van der Waals surface area contributed by atoms with Crippen LogP contribution in [0, 0.1) is 5.82 Å². The van der Waals surface area contributed by atoms with E-state index in [4.69, 9.17) is 10.5 Å². The Balaban J connectivity index is 2.61. The molecule has 3 N–H and O–H groups in total. The molecule has 0 bridgehead atoms. The zero-order valence-corrected chi connectivity index (χ0v) is 11.5. The standard InChI is InChI=1S/C12H17FN2O3S/c1-9(2)8-18-6-5-15-19(16,17)12-7-10(14)3-4-11(12)13/h3-4,7,15H,1,5-6,8,14H2,2H3. The Labute approximate surface area is 112 Å². The van der Waals surface area contributed by atoms with E-state index >= 15 is 0 Å². The van der Waals surface area contributed by atoms with E-state index in [1.54, 1.807) is 6.92 Å². The molecule has 0 fully saturated rings. The molecule has 0 aliphatic carbocycles. The fourth-order valence-corrected chi connectivity index (χ4v) is 2.42. The molecule has 0 saturated carbocycles. The highest BCUT2D eigenvalue weighted by molar-refractivity contribution is 7.89. The molecule has 0 aliphatic heterocycles. The van der Waals surface area contributed by atoms with Gasteiger partial charge in [-0.25, -0.2) is 17.5 Å². The van der Waals surface area contributed by atoms with Crippen molar-refractivity contribution < 1.29 is 17.5 Å². The zero-order chi connectivity index (χ0) is 14.5. The maximum Gasteiger partial charge on any atom is 0.243 e. The Morgan fingerprint density at radius 1 is 1.53 bits per heavy atom. The third-order valence-corrected chi connectivity index (χ3v) is 3.61. The van der Waals surface area contributed by atoms with Gasteiger partial charge >= 0.3 is 0 Å². The molecule has 5 nitrogen and oxygen atoms in total. The van der Waals surface area contributed by atoms with Gasteiger partial charge in [-0.3, -0.25) is 0 Å². The Morgan fingerprint density at radius 3 is 2.84 bits per heavy atom. The third-order valence-electron chi connectivity index (χ3n) is 2.13. The number of benzene rings is 1. The molecule has 0 aliphatic rings. The van der Waals surface area contributed by atoms with E-state index in [-0.39, 0.29) is 18.8 Å². The van der Waals surface area contributed by atoms with E-state index in [1.807, 2.05) is 0 Å². The summed E-state index contributed by atoms with van der Waals surface area (Å²) in [6.45, 7) is 6.02. The minimum Gasteiger partial charge on any atom is -0.399 e. The van der Waals surface area contributed by atoms with Gasteiger partial charge in [-0.2, -0.15) is 0 Å². The van der Waals surface area contributed by atoms with Gasteiger partial charge in [0.2, 0.25) is 10.0 Å². The maximum absolute atomic E-state index is 13.4. The minimum atomic E-state index is -3.92. The first-order chi connectivity index (χ1) is 8.83. The van der Waals surface area contributed by atoms with Crippen molar-refractivity contribution in [2.45, 2.75) is 11.8 Å². The molecule has 1 rings (SSSR count). The van der Waals surface area contributed by atoms with Crippen LogP contribution in [-0.4, -0.2) is 28.2 Å². The lowest BCUT2D eigenvalue weighted by Crippen LogP contribution is -2.28. The van der Waals surface area contributed by atoms with Gasteiger partial charge in [0.1, 0.15) is 10.7 Å². The molecule has 0 unspecified atom stereocenters. The molecular formula is C12H17FN2O3S. The summed E-state index contributed by atoms with van der Waals surface area (Å²) < 4.78 is 44.4. The van der Waals surface area contributed by atoms with Gasteiger partial charge in [-0.15, -0.1) is 0 Å². The topological polar surface area (TPSA) is 81.4 Å². The number of ether oxygens (including phenoxy) is 1. The average molecular weight is 288 g/mol. The number of hydrogen-bond donors (Lipinski definition) is 2. The van der Waals surface area contributed by atoms with E-state index in [9.17, 15) is 12.8 Å². The minimum absolute atomic E-state index is 0.0455. The van der Waals surface area contributed by atoms with Crippen molar-refractivity contribution in [1.82, 2.24) is 4.72 Å². The third kappa shape index (κ3) is 4.98. The van der Waals surface area contributed by atoms with Crippen LogP contribution >= 0.6 is 0 Å². The second kappa shape index (κ2) is 6.65. The van der Waals surface area contributed by atoms with E-state index in [1.165, 1.54) is 6.07 Å². The lowest BCUT2D eigenvalue weighted by molar-refractivity contribution is 0.162. The Kier molecular flexibility index (Phi) is 5.46. The smallest absolute Gasteiger partial charge is 0.243 e.